The predicted octanol–water partition coefficient (Wildman–Crippen LogP) is 5.06. The first-order valence-electron chi connectivity index (χ1n) is 5.78. The summed E-state index contributed by atoms with van der Waals surface area (Å²) in [7, 11) is 0. The second-order valence-electron chi connectivity index (χ2n) is 4.23. The van der Waals surface area contributed by atoms with Gasteiger partial charge in [0.15, 0.2) is 0 Å². The minimum atomic E-state index is 0. The molecule has 0 unspecified atom stereocenters. The lowest BCUT2D eigenvalue weighted by Crippen LogP contribution is -2.03. The first kappa shape index (κ1) is 15.5. The maximum absolute atomic E-state index is 6.07. The molecule has 4 heteroatoms. The molecule has 2 nitrogen and oxygen atoms in total. The minimum absolute atomic E-state index is 0. The van der Waals surface area contributed by atoms with E-state index in [1.807, 2.05) is 62.4 Å². The number of nitrogens with zero attached hydrogens (tertiary/aromatic N) is 1. The molecule has 0 aromatic heterocycles. The van der Waals surface area contributed by atoms with Crippen molar-refractivity contribution < 1.29 is 0 Å². The first-order chi connectivity index (χ1) is 8.63. The van der Waals surface area contributed by atoms with Gasteiger partial charge in [0.1, 0.15) is 0 Å². The molecule has 0 spiro atoms. The highest BCUT2D eigenvalue weighted by atomic mass is 35.5. The average Bonchev–Trinajstić information content (AvgIpc) is 2.35. The van der Waals surface area contributed by atoms with Crippen molar-refractivity contribution >= 4 is 40.7 Å². The van der Waals surface area contributed by atoms with Gasteiger partial charge in [-0.3, -0.25) is 0 Å². The zero-order valence-corrected chi connectivity index (χ0v) is 12.4. The fourth-order valence-corrected chi connectivity index (χ4v) is 1.72. The van der Waals surface area contributed by atoms with Gasteiger partial charge in [-0.2, -0.15) is 0 Å². The molecular weight excluding hydrogens is 279 g/mol. The van der Waals surface area contributed by atoms with Crippen LogP contribution in [-0.4, -0.2) is 5.29 Å². The molecule has 0 saturated heterocycles. The summed E-state index contributed by atoms with van der Waals surface area (Å²) in [5, 5.41) is 3.41. The van der Waals surface area contributed by atoms with Crippen LogP contribution in [0.15, 0.2) is 53.5 Å². The number of hydrogen-bond acceptors (Lipinski definition) is 1. The molecule has 19 heavy (non-hydrogen) atoms. The van der Waals surface area contributed by atoms with Gasteiger partial charge in [-0.15, -0.1) is 12.4 Å². The molecule has 0 bridgehead atoms. The molecule has 100 valence electrons. The number of aliphatic imine (C=N–C) groups is 1. The van der Waals surface area contributed by atoms with Crippen molar-refractivity contribution in [1.29, 1.82) is 0 Å². The smallest absolute Gasteiger partial charge is 0.200 e. The SMILES string of the molecule is Cc1ccc(N=C(Cl)Nc2ccc(C)cc2)cc1.Cl. The molecule has 0 saturated carbocycles. The molecule has 1 N–H and O–H groups in total. The van der Waals surface area contributed by atoms with Crippen LogP contribution in [0.2, 0.25) is 0 Å². The topological polar surface area (TPSA) is 24.4 Å². The third-order valence-corrected chi connectivity index (χ3v) is 2.74. The minimum Gasteiger partial charge on any atom is -0.330 e. The molecule has 0 aliphatic rings. The van der Waals surface area contributed by atoms with Crippen LogP contribution in [0.3, 0.4) is 0 Å². The van der Waals surface area contributed by atoms with Crippen molar-refractivity contribution in [2.24, 2.45) is 4.99 Å². The van der Waals surface area contributed by atoms with Crippen LogP contribution in [0, 0.1) is 13.8 Å². The Bertz CT molecular complexity index is 545. The van der Waals surface area contributed by atoms with Crippen molar-refractivity contribution in [1.82, 2.24) is 0 Å². The highest BCUT2D eigenvalue weighted by molar-refractivity contribution is 6.67. The summed E-state index contributed by atoms with van der Waals surface area (Å²) in [5.74, 6) is 0. The van der Waals surface area contributed by atoms with Gasteiger partial charge < -0.3 is 5.32 Å². The summed E-state index contributed by atoms with van der Waals surface area (Å²) in [6.45, 7) is 4.09. The van der Waals surface area contributed by atoms with Crippen LogP contribution >= 0.6 is 24.0 Å². The highest BCUT2D eigenvalue weighted by Crippen LogP contribution is 2.15. The van der Waals surface area contributed by atoms with Crippen LogP contribution < -0.4 is 5.32 Å². The van der Waals surface area contributed by atoms with Gasteiger partial charge in [0.2, 0.25) is 5.29 Å². The Morgan fingerprint density at radius 3 is 1.89 bits per heavy atom. The van der Waals surface area contributed by atoms with E-state index >= 15 is 0 Å². The van der Waals surface area contributed by atoms with Gasteiger partial charge in [0.05, 0.1) is 5.69 Å². The predicted molar refractivity (Wildman–Crippen MR) is 86.2 cm³/mol. The molecule has 0 amide bonds. The number of rotatable bonds is 2. The maximum atomic E-state index is 6.07. The summed E-state index contributed by atoms with van der Waals surface area (Å²) < 4.78 is 0. The number of hydrogen-bond donors (Lipinski definition) is 1. The summed E-state index contributed by atoms with van der Waals surface area (Å²) in [5.41, 5.74) is 4.19. The summed E-state index contributed by atoms with van der Waals surface area (Å²) in [6, 6.07) is 15.9. The Kier molecular flexibility index (Phi) is 5.87. The lowest BCUT2D eigenvalue weighted by atomic mass is 10.2. The van der Waals surface area contributed by atoms with Crippen molar-refractivity contribution in [2.75, 3.05) is 5.32 Å². The zero-order chi connectivity index (χ0) is 13.0. The van der Waals surface area contributed by atoms with Crippen LogP contribution in [0.25, 0.3) is 0 Å². The van der Waals surface area contributed by atoms with Crippen molar-refractivity contribution in [3.63, 3.8) is 0 Å². The number of aryl methyl sites for hydroxylation is 2. The summed E-state index contributed by atoms with van der Waals surface area (Å²) in [4.78, 5) is 4.29. The second-order valence-corrected chi connectivity index (χ2v) is 4.59. The number of anilines is 1. The fraction of sp³-hybridized carbons (Fsp3) is 0.133. The van der Waals surface area contributed by atoms with E-state index in [1.165, 1.54) is 11.1 Å². The van der Waals surface area contributed by atoms with Crippen LogP contribution in [0.1, 0.15) is 11.1 Å². The number of nitrogens with one attached hydrogen (secondary N) is 1. The monoisotopic (exact) mass is 294 g/mol. The van der Waals surface area contributed by atoms with E-state index in [0.717, 1.165) is 11.4 Å². The molecule has 0 atom stereocenters. The number of halogens is 2. The van der Waals surface area contributed by atoms with E-state index in [2.05, 4.69) is 10.3 Å². The summed E-state index contributed by atoms with van der Waals surface area (Å²) in [6.07, 6.45) is 0. The first-order valence-corrected chi connectivity index (χ1v) is 6.16. The quantitative estimate of drug-likeness (QED) is 0.467. The summed E-state index contributed by atoms with van der Waals surface area (Å²) >= 11 is 6.07. The molecule has 0 heterocycles. The van der Waals surface area contributed by atoms with Crippen molar-refractivity contribution in [3.05, 3.63) is 59.7 Å². The van der Waals surface area contributed by atoms with Crippen LogP contribution in [-0.2, 0) is 0 Å². The van der Waals surface area contributed by atoms with Gasteiger partial charge in [-0.1, -0.05) is 35.4 Å². The lowest BCUT2D eigenvalue weighted by Gasteiger charge is -2.04. The lowest BCUT2D eigenvalue weighted by molar-refractivity contribution is 1.43. The molecule has 0 aliphatic carbocycles. The average molecular weight is 295 g/mol. The van der Waals surface area contributed by atoms with Crippen molar-refractivity contribution in [2.45, 2.75) is 13.8 Å². The van der Waals surface area contributed by atoms with Crippen LogP contribution in [0.4, 0.5) is 11.4 Å². The van der Waals surface area contributed by atoms with Crippen LogP contribution in [0.5, 0.6) is 0 Å². The largest absolute Gasteiger partial charge is 0.330 e. The molecule has 2 aromatic carbocycles. The Balaban J connectivity index is 0.00000180. The van der Waals surface area contributed by atoms with E-state index in [4.69, 9.17) is 11.6 Å². The number of benzene rings is 2. The van der Waals surface area contributed by atoms with Gasteiger partial charge in [-0.25, -0.2) is 4.99 Å². The van der Waals surface area contributed by atoms with E-state index in [1.54, 1.807) is 0 Å². The van der Waals surface area contributed by atoms with E-state index in [0.29, 0.717) is 5.29 Å². The zero-order valence-electron chi connectivity index (χ0n) is 10.9. The third kappa shape index (κ3) is 4.93. The maximum Gasteiger partial charge on any atom is 0.200 e. The van der Waals surface area contributed by atoms with E-state index in [-0.39, 0.29) is 12.4 Å². The standard InChI is InChI=1S/C15H15ClN2.ClH/c1-11-3-7-13(8-4-11)17-15(16)18-14-9-5-12(2)6-10-14;/h3-10H,1-2H3,(H,17,18);1H. The number of amidine groups is 1. The van der Waals surface area contributed by atoms with Crippen molar-refractivity contribution in [3.8, 4) is 0 Å². The molecule has 0 aliphatic heterocycles. The molecule has 2 rings (SSSR count). The molecule has 2 aromatic rings. The van der Waals surface area contributed by atoms with Gasteiger partial charge in [0, 0.05) is 5.69 Å². The Labute approximate surface area is 124 Å². The Morgan fingerprint density at radius 2 is 1.37 bits per heavy atom. The Hall–Kier alpha value is -1.51. The Morgan fingerprint density at radius 1 is 0.895 bits per heavy atom. The molecule has 0 radical (unpaired) electrons. The van der Waals surface area contributed by atoms with Gasteiger partial charge in [0.25, 0.3) is 0 Å². The normalized spacial score (nSPS) is 10.8. The molecular formula is C15H16Cl2N2. The highest BCUT2D eigenvalue weighted by Gasteiger charge is 1.97. The third-order valence-electron chi connectivity index (χ3n) is 2.56. The van der Waals surface area contributed by atoms with E-state index in [9.17, 15) is 0 Å². The fourth-order valence-electron chi connectivity index (χ4n) is 1.52. The van der Waals surface area contributed by atoms with Gasteiger partial charge >= 0.3 is 0 Å². The van der Waals surface area contributed by atoms with E-state index < -0.39 is 0 Å². The second kappa shape index (κ2) is 7.17. The molecule has 0 fully saturated rings. The van der Waals surface area contributed by atoms with Gasteiger partial charge in [-0.05, 0) is 49.7 Å².